The van der Waals surface area contributed by atoms with Crippen molar-refractivity contribution in [3.05, 3.63) is 30.3 Å². The molecule has 0 heterocycles. The van der Waals surface area contributed by atoms with Gasteiger partial charge in [-0.3, -0.25) is 4.79 Å². The highest BCUT2D eigenvalue weighted by Gasteiger charge is 2.50. The first kappa shape index (κ1) is 12.5. The van der Waals surface area contributed by atoms with E-state index in [1.54, 1.807) is 0 Å². The van der Waals surface area contributed by atoms with E-state index >= 15 is 0 Å². The zero-order chi connectivity index (χ0) is 12.3. The van der Waals surface area contributed by atoms with Crippen LogP contribution in [0, 0.1) is 5.92 Å². The number of carboxylic acids is 1. The van der Waals surface area contributed by atoms with Crippen molar-refractivity contribution in [2.75, 3.05) is 0 Å². The van der Waals surface area contributed by atoms with Crippen LogP contribution in [-0.2, 0) is 4.79 Å². The summed E-state index contributed by atoms with van der Waals surface area (Å²) in [7, 11) is 0. The van der Waals surface area contributed by atoms with Crippen molar-refractivity contribution >= 4 is 17.7 Å². The molecule has 1 fully saturated rings. The van der Waals surface area contributed by atoms with Gasteiger partial charge in [0.2, 0.25) is 0 Å². The van der Waals surface area contributed by atoms with Gasteiger partial charge in [-0.25, -0.2) is 0 Å². The second-order valence-electron chi connectivity index (χ2n) is 4.78. The van der Waals surface area contributed by atoms with E-state index in [9.17, 15) is 9.90 Å². The number of carboxylic acid groups (broad SMARTS) is 1. The molecule has 1 aromatic rings. The van der Waals surface area contributed by atoms with E-state index in [2.05, 4.69) is 6.92 Å². The Balaban J connectivity index is 2.03. The van der Waals surface area contributed by atoms with Crippen molar-refractivity contribution in [3.63, 3.8) is 0 Å². The fourth-order valence-corrected chi connectivity index (χ4v) is 3.97. The van der Waals surface area contributed by atoms with Gasteiger partial charge in [0.25, 0.3) is 0 Å². The Labute approximate surface area is 106 Å². The van der Waals surface area contributed by atoms with Crippen LogP contribution in [0.2, 0.25) is 0 Å². The minimum Gasteiger partial charge on any atom is -0.480 e. The summed E-state index contributed by atoms with van der Waals surface area (Å²) in [6.45, 7) is 2.16. The lowest BCUT2D eigenvalue weighted by atomic mass is 9.72. The van der Waals surface area contributed by atoms with Crippen molar-refractivity contribution in [1.29, 1.82) is 0 Å². The number of hydrogen-bond acceptors (Lipinski definition) is 2. The maximum absolute atomic E-state index is 11.4. The third kappa shape index (κ3) is 2.65. The van der Waals surface area contributed by atoms with Crippen molar-refractivity contribution in [2.24, 2.45) is 5.92 Å². The zero-order valence-electron chi connectivity index (χ0n) is 10.1. The van der Waals surface area contributed by atoms with Crippen LogP contribution in [-0.4, -0.2) is 15.8 Å². The van der Waals surface area contributed by atoms with Gasteiger partial charge in [-0.05, 0) is 30.9 Å². The maximum Gasteiger partial charge on any atom is 0.320 e. The minimum atomic E-state index is -0.654. The van der Waals surface area contributed by atoms with Crippen LogP contribution in [0.25, 0.3) is 0 Å². The molecule has 2 nitrogen and oxygen atoms in total. The number of carbonyl (C=O) groups is 1. The molecule has 1 N–H and O–H groups in total. The van der Waals surface area contributed by atoms with E-state index < -0.39 is 10.7 Å². The van der Waals surface area contributed by atoms with E-state index in [1.165, 1.54) is 11.8 Å². The van der Waals surface area contributed by atoms with E-state index in [-0.39, 0.29) is 0 Å². The summed E-state index contributed by atoms with van der Waals surface area (Å²) in [5.41, 5.74) is 0. The first-order valence-electron chi connectivity index (χ1n) is 6.14. The fourth-order valence-electron chi connectivity index (χ4n) is 2.50. The lowest BCUT2D eigenvalue weighted by Gasteiger charge is -2.43. The molecule has 0 saturated heterocycles. The summed E-state index contributed by atoms with van der Waals surface area (Å²) in [5, 5.41) is 9.41. The lowest BCUT2D eigenvalue weighted by Crippen LogP contribution is -2.47. The minimum absolute atomic E-state index is 0.568. The number of thioether (sulfide) groups is 1. The highest BCUT2D eigenvalue weighted by atomic mass is 32.2. The second-order valence-corrected chi connectivity index (χ2v) is 6.23. The van der Waals surface area contributed by atoms with Crippen molar-refractivity contribution in [1.82, 2.24) is 0 Å². The largest absolute Gasteiger partial charge is 0.480 e. The van der Waals surface area contributed by atoms with Crippen molar-refractivity contribution in [2.45, 2.75) is 42.2 Å². The topological polar surface area (TPSA) is 37.3 Å². The van der Waals surface area contributed by atoms with Gasteiger partial charge in [0, 0.05) is 4.90 Å². The molecule has 0 aliphatic heterocycles. The van der Waals surface area contributed by atoms with Gasteiger partial charge >= 0.3 is 5.97 Å². The molecule has 0 spiro atoms. The summed E-state index contributed by atoms with van der Waals surface area (Å²) >= 11 is 1.52. The third-order valence-electron chi connectivity index (χ3n) is 3.38. The van der Waals surface area contributed by atoms with Crippen LogP contribution in [0.5, 0.6) is 0 Å². The summed E-state index contributed by atoms with van der Waals surface area (Å²) in [5.74, 6) is -0.0500. The van der Waals surface area contributed by atoms with Crippen LogP contribution >= 0.6 is 11.8 Å². The summed E-state index contributed by atoms with van der Waals surface area (Å²) < 4.78 is -0.568. The van der Waals surface area contributed by atoms with Gasteiger partial charge in [0.05, 0.1) is 0 Å². The fraction of sp³-hybridized carbons (Fsp3) is 0.500. The summed E-state index contributed by atoms with van der Waals surface area (Å²) in [4.78, 5) is 12.5. The molecule has 0 aromatic heterocycles. The van der Waals surface area contributed by atoms with Crippen LogP contribution < -0.4 is 0 Å². The molecule has 0 atom stereocenters. The Morgan fingerprint density at radius 1 is 1.41 bits per heavy atom. The average molecular weight is 250 g/mol. The lowest BCUT2D eigenvalue weighted by molar-refractivity contribution is -0.143. The van der Waals surface area contributed by atoms with Crippen molar-refractivity contribution in [3.8, 4) is 0 Å². The smallest absolute Gasteiger partial charge is 0.320 e. The van der Waals surface area contributed by atoms with Crippen molar-refractivity contribution < 1.29 is 9.90 Å². The molecule has 0 unspecified atom stereocenters. The highest BCUT2D eigenvalue weighted by molar-refractivity contribution is 8.01. The second kappa shape index (κ2) is 5.13. The predicted octanol–water partition coefficient (Wildman–Crippen LogP) is 3.81. The standard InChI is InChI=1S/C14H18O2S/c1-2-6-11-9-14(10-11,13(15)16)17-12-7-4-3-5-8-12/h3-5,7-8,11H,2,6,9-10H2,1H3,(H,15,16). The summed E-state index contributed by atoms with van der Waals surface area (Å²) in [6, 6.07) is 9.85. The van der Waals surface area contributed by atoms with Gasteiger partial charge in [-0.1, -0.05) is 38.0 Å². The van der Waals surface area contributed by atoms with Gasteiger partial charge in [-0.15, -0.1) is 11.8 Å². The Bertz CT molecular complexity index is 382. The van der Waals surface area contributed by atoms with Gasteiger partial charge in [0.15, 0.2) is 0 Å². The molecule has 2 rings (SSSR count). The molecule has 0 radical (unpaired) electrons. The van der Waals surface area contributed by atoms with Gasteiger partial charge < -0.3 is 5.11 Å². The molecule has 1 aliphatic carbocycles. The zero-order valence-corrected chi connectivity index (χ0v) is 10.9. The Kier molecular flexibility index (Phi) is 3.77. The molecule has 1 aromatic carbocycles. The number of hydrogen-bond donors (Lipinski definition) is 1. The van der Waals surface area contributed by atoms with E-state index in [0.717, 1.165) is 30.6 Å². The Morgan fingerprint density at radius 3 is 2.59 bits per heavy atom. The number of aliphatic carboxylic acids is 1. The molecule has 17 heavy (non-hydrogen) atoms. The van der Waals surface area contributed by atoms with Gasteiger partial charge in [-0.2, -0.15) is 0 Å². The molecule has 1 aliphatic rings. The molecule has 1 saturated carbocycles. The number of benzene rings is 1. The van der Waals surface area contributed by atoms with Gasteiger partial charge in [0.1, 0.15) is 4.75 Å². The van der Waals surface area contributed by atoms with E-state index in [4.69, 9.17) is 0 Å². The van der Waals surface area contributed by atoms with Crippen LogP contribution in [0.4, 0.5) is 0 Å². The van der Waals surface area contributed by atoms with Crippen LogP contribution in [0.1, 0.15) is 32.6 Å². The van der Waals surface area contributed by atoms with Crippen LogP contribution in [0.15, 0.2) is 35.2 Å². The first-order chi connectivity index (χ1) is 8.16. The average Bonchev–Trinajstić information content (AvgIpc) is 2.27. The SMILES string of the molecule is CCCC1CC(Sc2ccccc2)(C(=O)O)C1. The van der Waals surface area contributed by atoms with E-state index in [0.29, 0.717) is 5.92 Å². The van der Waals surface area contributed by atoms with E-state index in [1.807, 2.05) is 30.3 Å². The molecular formula is C14H18O2S. The molecular weight excluding hydrogens is 232 g/mol. The Morgan fingerprint density at radius 2 is 2.06 bits per heavy atom. The first-order valence-corrected chi connectivity index (χ1v) is 6.95. The predicted molar refractivity (Wildman–Crippen MR) is 70.3 cm³/mol. The Hall–Kier alpha value is -0.960. The normalized spacial score (nSPS) is 27.5. The molecule has 0 amide bonds. The van der Waals surface area contributed by atoms with Crippen LogP contribution in [0.3, 0.4) is 0 Å². The quantitative estimate of drug-likeness (QED) is 0.863. The summed E-state index contributed by atoms with van der Waals surface area (Å²) in [6.07, 6.45) is 3.94. The number of rotatable bonds is 5. The maximum atomic E-state index is 11.4. The molecule has 92 valence electrons. The third-order valence-corrected chi connectivity index (χ3v) is 4.79. The molecule has 0 bridgehead atoms. The monoisotopic (exact) mass is 250 g/mol. The highest BCUT2D eigenvalue weighted by Crippen LogP contribution is 2.52. The molecule has 3 heteroatoms.